The third kappa shape index (κ3) is 5.51. The number of anilines is 1. The van der Waals surface area contributed by atoms with E-state index in [1.165, 1.54) is 0 Å². The van der Waals surface area contributed by atoms with Crippen molar-refractivity contribution in [1.29, 1.82) is 0 Å². The van der Waals surface area contributed by atoms with Gasteiger partial charge in [0.1, 0.15) is 0 Å². The number of rotatable bonds is 7. The Bertz CT molecular complexity index is 519. The van der Waals surface area contributed by atoms with Gasteiger partial charge in [-0.25, -0.2) is 8.42 Å². The molecule has 0 spiro atoms. The van der Waals surface area contributed by atoms with Gasteiger partial charge in [-0.1, -0.05) is 39.0 Å². The number of hydrogen-bond donors (Lipinski definition) is 2. The molecule has 2 N–H and O–H groups in total. The molecule has 0 aliphatic carbocycles. The first-order valence-electron chi connectivity index (χ1n) is 7.01. The molecule has 0 amide bonds. The van der Waals surface area contributed by atoms with Crippen molar-refractivity contribution in [2.24, 2.45) is 0 Å². The van der Waals surface area contributed by atoms with Gasteiger partial charge in [0, 0.05) is 0 Å². The summed E-state index contributed by atoms with van der Waals surface area (Å²) in [5.74, 6) is 0.160. The molecule has 114 valence electrons. The summed E-state index contributed by atoms with van der Waals surface area (Å²) in [6.07, 6.45) is 1.52. The zero-order chi connectivity index (χ0) is 15.2. The summed E-state index contributed by atoms with van der Waals surface area (Å²) in [6, 6.07) is 7.59. The Hall–Kier alpha value is -1.07. The number of para-hydroxylation sites is 1. The molecule has 0 aliphatic rings. The topological polar surface area (TPSA) is 58.2 Å². The summed E-state index contributed by atoms with van der Waals surface area (Å²) in [5, 5.41) is 3.02. The molecule has 4 nitrogen and oxygen atoms in total. The van der Waals surface area contributed by atoms with Crippen LogP contribution >= 0.6 is 0 Å². The van der Waals surface area contributed by atoms with Crippen LogP contribution < -0.4 is 10.0 Å². The van der Waals surface area contributed by atoms with E-state index in [0.717, 1.165) is 18.5 Å². The first-order chi connectivity index (χ1) is 9.26. The maximum atomic E-state index is 12.1. The van der Waals surface area contributed by atoms with Gasteiger partial charge in [0.15, 0.2) is 0 Å². The van der Waals surface area contributed by atoms with Gasteiger partial charge in [-0.05, 0) is 43.5 Å². The highest BCUT2D eigenvalue weighted by atomic mass is 32.2. The molecule has 0 aromatic heterocycles. The lowest BCUT2D eigenvalue weighted by atomic mass is 9.86. The second-order valence-electron chi connectivity index (χ2n) is 6.03. The van der Waals surface area contributed by atoms with E-state index in [1.54, 1.807) is 0 Å². The quantitative estimate of drug-likeness (QED) is 0.761. The van der Waals surface area contributed by atoms with Crippen molar-refractivity contribution < 1.29 is 8.42 Å². The van der Waals surface area contributed by atoms with E-state index in [4.69, 9.17) is 0 Å². The van der Waals surface area contributed by atoms with E-state index < -0.39 is 10.0 Å². The molecule has 20 heavy (non-hydrogen) atoms. The lowest BCUT2D eigenvalue weighted by Crippen LogP contribution is -2.21. The molecule has 1 rings (SSSR count). The molecule has 1 aromatic rings. The van der Waals surface area contributed by atoms with Crippen LogP contribution in [0.5, 0.6) is 0 Å². The molecule has 0 unspecified atom stereocenters. The molecule has 5 heteroatoms. The highest BCUT2D eigenvalue weighted by Gasteiger charge is 2.20. The zero-order valence-electron chi connectivity index (χ0n) is 12.9. The van der Waals surface area contributed by atoms with Gasteiger partial charge in [-0.15, -0.1) is 0 Å². The maximum absolute atomic E-state index is 12.1. The minimum absolute atomic E-state index is 0.0920. The summed E-state index contributed by atoms with van der Waals surface area (Å²) >= 11 is 0. The second kappa shape index (κ2) is 7.09. The van der Waals surface area contributed by atoms with Crippen LogP contribution in [0.3, 0.4) is 0 Å². The minimum Gasteiger partial charge on any atom is -0.320 e. The van der Waals surface area contributed by atoms with Gasteiger partial charge in [-0.2, -0.15) is 0 Å². The Morgan fingerprint density at radius 3 is 2.35 bits per heavy atom. The smallest absolute Gasteiger partial charge is 0.232 e. The number of nitrogens with one attached hydrogen (secondary N) is 2. The van der Waals surface area contributed by atoms with Crippen molar-refractivity contribution in [2.45, 2.75) is 39.0 Å². The van der Waals surface area contributed by atoms with E-state index in [0.29, 0.717) is 12.1 Å². The Morgan fingerprint density at radius 2 is 1.75 bits per heavy atom. The molecule has 0 atom stereocenters. The number of sulfonamides is 1. The number of hydrogen-bond acceptors (Lipinski definition) is 3. The van der Waals surface area contributed by atoms with Crippen molar-refractivity contribution >= 4 is 15.7 Å². The highest BCUT2D eigenvalue weighted by Crippen LogP contribution is 2.29. The largest absolute Gasteiger partial charge is 0.320 e. The summed E-state index contributed by atoms with van der Waals surface area (Å²) in [6.45, 7) is 7.07. The van der Waals surface area contributed by atoms with Crippen molar-refractivity contribution in [3.05, 3.63) is 29.8 Å². The molecule has 0 saturated heterocycles. The van der Waals surface area contributed by atoms with Crippen LogP contribution in [0.1, 0.15) is 39.2 Å². The molecule has 0 saturated carbocycles. The second-order valence-corrected chi connectivity index (χ2v) is 7.87. The van der Waals surface area contributed by atoms with Crippen molar-refractivity contribution in [2.75, 3.05) is 24.1 Å². The van der Waals surface area contributed by atoms with E-state index in [9.17, 15) is 8.42 Å². The molecule has 0 bridgehead atoms. The van der Waals surface area contributed by atoms with Crippen LogP contribution in [0.2, 0.25) is 0 Å². The van der Waals surface area contributed by atoms with Crippen molar-refractivity contribution in [1.82, 2.24) is 5.32 Å². The first kappa shape index (κ1) is 17.0. The Morgan fingerprint density at radius 1 is 1.10 bits per heavy atom. The summed E-state index contributed by atoms with van der Waals surface area (Å²) in [7, 11) is -1.41. The van der Waals surface area contributed by atoms with Crippen LogP contribution in [0.25, 0.3) is 0 Å². The predicted molar refractivity (Wildman–Crippen MR) is 85.7 cm³/mol. The molecular formula is C15H26N2O2S. The fourth-order valence-electron chi connectivity index (χ4n) is 2.04. The molecule has 0 fully saturated rings. The van der Waals surface area contributed by atoms with E-state index in [2.05, 4.69) is 30.8 Å². The third-order valence-corrected chi connectivity index (χ3v) is 4.45. The van der Waals surface area contributed by atoms with Gasteiger partial charge in [0.25, 0.3) is 0 Å². The first-order valence-corrected chi connectivity index (χ1v) is 8.66. The van der Waals surface area contributed by atoms with Crippen LogP contribution in [0, 0.1) is 0 Å². The van der Waals surface area contributed by atoms with Gasteiger partial charge in [0.2, 0.25) is 10.0 Å². The maximum Gasteiger partial charge on any atom is 0.232 e. The predicted octanol–water partition coefficient (Wildman–Crippen LogP) is 2.73. The normalized spacial score (nSPS) is 12.4. The van der Waals surface area contributed by atoms with E-state index in [-0.39, 0.29) is 11.2 Å². The van der Waals surface area contributed by atoms with Crippen LogP contribution in [-0.2, 0) is 15.4 Å². The van der Waals surface area contributed by atoms with E-state index in [1.807, 2.05) is 31.3 Å². The average Bonchev–Trinajstić information content (AvgIpc) is 2.33. The zero-order valence-corrected chi connectivity index (χ0v) is 13.7. The van der Waals surface area contributed by atoms with Crippen molar-refractivity contribution in [3.8, 4) is 0 Å². The Labute approximate surface area is 123 Å². The Kier molecular flexibility index (Phi) is 6.02. The molecule has 0 heterocycles. The Balaban J connectivity index is 2.78. The van der Waals surface area contributed by atoms with Crippen LogP contribution in [0.15, 0.2) is 24.3 Å². The molecular weight excluding hydrogens is 272 g/mol. The van der Waals surface area contributed by atoms with Crippen molar-refractivity contribution in [3.63, 3.8) is 0 Å². The molecule has 0 aliphatic heterocycles. The number of unbranched alkanes of at least 4 members (excludes halogenated alkanes) is 1. The lowest BCUT2D eigenvalue weighted by Gasteiger charge is -2.23. The minimum atomic E-state index is -3.28. The molecule has 0 radical (unpaired) electrons. The third-order valence-electron chi connectivity index (χ3n) is 3.09. The highest BCUT2D eigenvalue weighted by molar-refractivity contribution is 7.92. The average molecular weight is 298 g/mol. The van der Waals surface area contributed by atoms with E-state index >= 15 is 0 Å². The summed E-state index contributed by atoms with van der Waals surface area (Å²) in [4.78, 5) is 0. The van der Waals surface area contributed by atoms with Crippen LogP contribution in [-0.4, -0.2) is 27.8 Å². The van der Waals surface area contributed by atoms with Gasteiger partial charge < -0.3 is 5.32 Å². The fraction of sp³-hybridized carbons (Fsp3) is 0.600. The lowest BCUT2D eigenvalue weighted by molar-refractivity contribution is 0.588. The summed E-state index contributed by atoms with van der Waals surface area (Å²) in [5.41, 5.74) is 1.61. The standard InChI is InChI=1S/C15H26N2O2S/c1-15(2,3)13-9-5-6-10-14(13)17-20(18,19)12-8-7-11-16-4/h5-6,9-10,16-17H,7-8,11-12H2,1-4H3. The summed E-state index contributed by atoms with van der Waals surface area (Å²) < 4.78 is 26.9. The fourth-order valence-corrected chi connectivity index (χ4v) is 3.24. The van der Waals surface area contributed by atoms with Gasteiger partial charge >= 0.3 is 0 Å². The number of benzene rings is 1. The van der Waals surface area contributed by atoms with Gasteiger partial charge in [-0.3, -0.25) is 4.72 Å². The van der Waals surface area contributed by atoms with Crippen LogP contribution in [0.4, 0.5) is 5.69 Å². The SMILES string of the molecule is CNCCCCS(=O)(=O)Nc1ccccc1C(C)(C)C. The van der Waals surface area contributed by atoms with Gasteiger partial charge in [0.05, 0.1) is 11.4 Å². The monoisotopic (exact) mass is 298 g/mol. The molecule has 1 aromatic carbocycles.